The van der Waals surface area contributed by atoms with Crippen molar-refractivity contribution in [2.45, 2.75) is 5.03 Å². The minimum absolute atomic E-state index is 0.682. The van der Waals surface area contributed by atoms with Crippen molar-refractivity contribution in [1.29, 1.82) is 5.26 Å². The van der Waals surface area contributed by atoms with Crippen molar-refractivity contribution in [3.8, 4) is 16.7 Å². The van der Waals surface area contributed by atoms with E-state index >= 15 is 0 Å². The first-order valence-electron chi connectivity index (χ1n) is 5.58. The van der Waals surface area contributed by atoms with Crippen LogP contribution in [-0.4, -0.2) is 9.38 Å². The van der Waals surface area contributed by atoms with E-state index in [1.807, 2.05) is 53.1 Å². The van der Waals surface area contributed by atoms with Gasteiger partial charge in [-0.1, -0.05) is 29.8 Å². The maximum atomic E-state index is 8.96. The second-order valence-electron chi connectivity index (χ2n) is 3.89. The molecule has 3 rings (SSSR count). The maximum absolute atomic E-state index is 8.96. The third-order valence-electron chi connectivity index (χ3n) is 2.75. The van der Waals surface area contributed by atoms with Crippen molar-refractivity contribution >= 4 is 29.0 Å². The molecule has 92 valence electrons. The summed E-state index contributed by atoms with van der Waals surface area (Å²) < 4.78 is 1.91. The zero-order valence-corrected chi connectivity index (χ0v) is 11.3. The molecule has 1 aromatic carbocycles. The number of thiocyanates is 1. The molecular weight excluding hydrogens is 278 g/mol. The van der Waals surface area contributed by atoms with Crippen molar-refractivity contribution < 1.29 is 0 Å². The van der Waals surface area contributed by atoms with Crippen LogP contribution in [0.3, 0.4) is 0 Å². The fourth-order valence-corrected chi connectivity index (χ4v) is 2.64. The lowest BCUT2D eigenvalue weighted by atomic mass is 10.2. The molecule has 3 aromatic rings. The topological polar surface area (TPSA) is 41.1 Å². The number of benzene rings is 1. The average Bonchev–Trinajstić information content (AvgIpc) is 2.79. The van der Waals surface area contributed by atoms with Gasteiger partial charge in [0.2, 0.25) is 0 Å². The van der Waals surface area contributed by atoms with Crippen LogP contribution in [-0.2, 0) is 0 Å². The molecule has 0 bridgehead atoms. The Kier molecular flexibility index (Phi) is 3.16. The number of nitriles is 1. The number of imidazole rings is 1. The molecule has 5 heteroatoms. The Morgan fingerprint density at radius 1 is 1.16 bits per heavy atom. The highest BCUT2D eigenvalue weighted by molar-refractivity contribution is 8.03. The lowest BCUT2D eigenvalue weighted by Crippen LogP contribution is -1.85. The van der Waals surface area contributed by atoms with Crippen LogP contribution in [0.5, 0.6) is 0 Å². The van der Waals surface area contributed by atoms with E-state index in [0.29, 0.717) is 5.02 Å². The van der Waals surface area contributed by atoms with Gasteiger partial charge in [0.25, 0.3) is 0 Å². The lowest BCUT2D eigenvalue weighted by molar-refractivity contribution is 1.06. The molecule has 0 aliphatic rings. The van der Waals surface area contributed by atoms with E-state index < -0.39 is 0 Å². The van der Waals surface area contributed by atoms with Gasteiger partial charge in [0.1, 0.15) is 21.8 Å². The van der Waals surface area contributed by atoms with Gasteiger partial charge in [-0.15, -0.1) is 0 Å². The Morgan fingerprint density at radius 2 is 1.95 bits per heavy atom. The molecule has 2 aromatic heterocycles. The molecule has 0 unspecified atom stereocenters. The minimum Gasteiger partial charge on any atom is -0.293 e. The number of rotatable bonds is 2. The molecule has 0 radical (unpaired) electrons. The fourth-order valence-electron chi connectivity index (χ4n) is 1.91. The smallest absolute Gasteiger partial charge is 0.140 e. The number of aromatic nitrogens is 2. The van der Waals surface area contributed by atoms with Crippen molar-refractivity contribution in [3.05, 3.63) is 53.7 Å². The van der Waals surface area contributed by atoms with E-state index in [-0.39, 0.29) is 0 Å². The number of pyridine rings is 1. The van der Waals surface area contributed by atoms with Crippen LogP contribution < -0.4 is 0 Å². The highest BCUT2D eigenvalue weighted by Crippen LogP contribution is 2.32. The van der Waals surface area contributed by atoms with Crippen molar-refractivity contribution in [1.82, 2.24) is 9.38 Å². The van der Waals surface area contributed by atoms with Crippen molar-refractivity contribution in [2.24, 2.45) is 0 Å². The van der Waals surface area contributed by atoms with Crippen LogP contribution >= 0.6 is 23.4 Å². The van der Waals surface area contributed by atoms with E-state index in [2.05, 4.69) is 10.4 Å². The Balaban J connectivity index is 2.25. The highest BCUT2D eigenvalue weighted by atomic mass is 35.5. The molecule has 0 aliphatic carbocycles. The van der Waals surface area contributed by atoms with Crippen LogP contribution in [0.4, 0.5) is 0 Å². The largest absolute Gasteiger partial charge is 0.293 e. The predicted molar refractivity (Wildman–Crippen MR) is 77.1 cm³/mol. The first-order chi connectivity index (χ1) is 9.29. The number of hydrogen-bond donors (Lipinski definition) is 0. The second-order valence-corrected chi connectivity index (χ2v) is 5.10. The van der Waals surface area contributed by atoms with Crippen LogP contribution in [0.1, 0.15) is 0 Å². The Bertz CT molecular complexity index is 771. The van der Waals surface area contributed by atoms with E-state index in [4.69, 9.17) is 16.9 Å². The minimum atomic E-state index is 0.682. The Labute approximate surface area is 119 Å². The van der Waals surface area contributed by atoms with Gasteiger partial charge in [0.15, 0.2) is 0 Å². The van der Waals surface area contributed by atoms with Crippen LogP contribution in [0.2, 0.25) is 5.02 Å². The van der Waals surface area contributed by atoms with Crippen molar-refractivity contribution in [3.63, 3.8) is 0 Å². The molecule has 0 spiro atoms. The number of fused-ring (bicyclic) bond motifs is 1. The number of hydrogen-bond acceptors (Lipinski definition) is 3. The molecule has 0 atom stereocenters. The third kappa shape index (κ3) is 2.19. The van der Waals surface area contributed by atoms with Crippen LogP contribution in [0.15, 0.2) is 53.7 Å². The fraction of sp³-hybridized carbons (Fsp3) is 0. The van der Waals surface area contributed by atoms with Gasteiger partial charge in [-0.3, -0.25) is 4.40 Å². The molecule has 2 heterocycles. The van der Waals surface area contributed by atoms with Gasteiger partial charge in [-0.25, -0.2) is 4.98 Å². The summed E-state index contributed by atoms with van der Waals surface area (Å²) in [6, 6.07) is 13.2. The summed E-state index contributed by atoms with van der Waals surface area (Å²) in [7, 11) is 0. The summed E-state index contributed by atoms with van der Waals surface area (Å²) >= 11 is 7.01. The van der Waals surface area contributed by atoms with Gasteiger partial charge in [0, 0.05) is 28.5 Å². The third-order valence-corrected chi connectivity index (χ3v) is 3.67. The molecule has 0 fully saturated rings. The molecule has 0 saturated carbocycles. The first kappa shape index (κ1) is 12.1. The average molecular weight is 286 g/mol. The number of thioether (sulfide) groups is 1. The van der Waals surface area contributed by atoms with Gasteiger partial charge in [-0.05, 0) is 24.3 Å². The summed E-state index contributed by atoms with van der Waals surface area (Å²) in [5.41, 5.74) is 2.57. The van der Waals surface area contributed by atoms with E-state index in [9.17, 15) is 0 Å². The number of halogens is 1. The monoisotopic (exact) mass is 285 g/mol. The summed E-state index contributed by atoms with van der Waals surface area (Å²) in [5, 5.41) is 12.6. The van der Waals surface area contributed by atoms with Gasteiger partial charge < -0.3 is 0 Å². The maximum Gasteiger partial charge on any atom is 0.140 e. The molecule has 0 amide bonds. The van der Waals surface area contributed by atoms with E-state index in [1.165, 1.54) is 0 Å². The number of nitrogens with zero attached hydrogens (tertiary/aromatic N) is 3. The zero-order chi connectivity index (χ0) is 13.2. The van der Waals surface area contributed by atoms with Crippen LogP contribution in [0, 0.1) is 10.7 Å². The van der Waals surface area contributed by atoms with E-state index in [1.54, 1.807) is 0 Å². The molecular formula is C14H8ClN3S. The Morgan fingerprint density at radius 3 is 2.68 bits per heavy atom. The van der Waals surface area contributed by atoms with Gasteiger partial charge in [-0.2, -0.15) is 5.26 Å². The summed E-state index contributed by atoms with van der Waals surface area (Å²) in [6.45, 7) is 0. The standard InChI is InChI=1S/C14H8ClN3S/c15-11-6-4-10(5-7-11)13-14(19-9-16)18-8-2-1-3-12(18)17-13/h1-8H. The molecule has 3 nitrogen and oxygen atoms in total. The van der Waals surface area contributed by atoms with E-state index in [0.717, 1.165) is 33.7 Å². The normalized spacial score (nSPS) is 10.5. The van der Waals surface area contributed by atoms with Gasteiger partial charge in [0.05, 0.1) is 0 Å². The summed E-state index contributed by atoms with van der Waals surface area (Å²) in [5.74, 6) is 0. The molecule has 0 aliphatic heterocycles. The van der Waals surface area contributed by atoms with Gasteiger partial charge >= 0.3 is 0 Å². The van der Waals surface area contributed by atoms with Crippen LogP contribution in [0.25, 0.3) is 16.9 Å². The van der Waals surface area contributed by atoms with Crippen molar-refractivity contribution in [2.75, 3.05) is 0 Å². The quantitative estimate of drug-likeness (QED) is 0.523. The Hall–Kier alpha value is -1.96. The zero-order valence-electron chi connectivity index (χ0n) is 9.75. The lowest BCUT2D eigenvalue weighted by Gasteiger charge is -2.00. The second kappa shape index (κ2) is 4.96. The molecule has 19 heavy (non-hydrogen) atoms. The SMILES string of the molecule is N#CSc1c(-c2ccc(Cl)cc2)nc2ccccn12. The molecule has 0 saturated heterocycles. The highest BCUT2D eigenvalue weighted by Gasteiger charge is 2.14. The predicted octanol–water partition coefficient (Wildman–Crippen LogP) is 4.23. The summed E-state index contributed by atoms with van der Waals surface area (Å²) in [6.07, 6.45) is 1.90. The first-order valence-corrected chi connectivity index (χ1v) is 6.78. The summed E-state index contributed by atoms with van der Waals surface area (Å²) in [4.78, 5) is 4.58. The molecule has 0 N–H and O–H groups in total.